The summed E-state index contributed by atoms with van der Waals surface area (Å²) in [7, 11) is 0. The van der Waals surface area contributed by atoms with E-state index in [1.165, 1.54) is 0 Å². The molecule has 0 bridgehead atoms. The molecule has 0 unspecified atom stereocenters. The number of rotatable bonds is 5. The highest BCUT2D eigenvalue weighted by Crippen LogP contribution is 2.32. The number of halogens is 3. The van der Waals surface area contributed by atoms with Crippen LogP contribution in [-0.2, 0) is 0 Å². The quantitative estimate of drug-likeness (QED) is 0.382. The van der Waals surface area contributed by atoms with E-state index in [1.807, 2.05) is 49.4 Å². The second kappa shape index (κ2) is 8.67. The predicted octanol–water partition coefficient (Wildman–Crippen LogP) is 7.72. The van der Waals surface area contributed by atoms with Gasteiger partial charge in [0.05, 0.1) is 0 Å². The third-order valence-electron chi connectivity index (χ3n) is 3.12. The molecule has 0 radical (unpaired) electrons. The van der Waals surface area contributed by atoms with Crippen LogP contribution in [0.4, 0.5) is 11.4 Å². The van der Waals surface area contributed by atoms with Gasteiger partial charge in [0.2, 0.25) is 0 Å². The molecular weight excluding hydrogens is 482 g/mol. The van der Waals surface area contributed by atoms with Gasteiger partial charge in [-0.3, -0.25) is 0 Å². The summed E-state index contributed by atoms with van der Waals surface area (Å²) in [6, 6.07) is 16.5. The van der Waals surface area contributed by atoms with Crippen LogP contribution >= 0.6 is 47.8 Å². The fourth-order valence-corrected chi connectivity index (χ4v) is 2.72. The van der Waals surface area contributed by atoms with Gasteiger partial charge in [-0.25, -0.2) is 0 Å². The van der Waals surface area contributed by atoms with Crippen LogP contribution in [0.5, 0.6) is 0 Å². The minimum Gasteiger partial charge on any atom is -0.311 e. The molecule has 0 fully saturated rings. The number of benzene rings is 2. The van der Waals surface area contributed by atoms with Gasteiger partial charge in [-0.15, -0.1) is 0 Å². The van der Waals surface area contributed by atoms with Crippen molar-refractivity contribution in [2.75, 3.05) is 4.90 Å². The normalized spacial score (nSPS) is 12.2. The molecule has 0 aromatic heterocycles. The van der Waals surface area contributed by atoms with Crippen LogP contribution in [0.3, 0.4) is 0 Å². The van der Waals surface area contributed by atoms with Crippen LogP contribution < -0.4 is 4.90 Å². The Bertz CT molecular complexity index is 679. The Kier molecular flexibility index (Phi) is 6.88. The topological polar surface area (TPSA) is 3.24 Å². The van der Waals surface area contributed by atoms with Crippen molar-refractivity contribution in [3.63, 3.8) is 0 Å². The Balaban J connectivity index is 2.56. The van der Waals surface area contributed by atoms with Crippen LogP contribution in [0.1, 0.15) is 6.92 Å². The van der Waals surface area contributed by atoms with E-state index in [-0.39, 0.29) is 0 Å². The van der Waals surface area contributed by atoms with E-state index in [0.29, 0.717) is 0 Å². The monoisotopic (exact) mass is 495 g/mol. The van der Waals surface area contributed by atoms with Gasteiger partial charge >= 0.3 is 0 Å². The smallest absolute Gasteiger partial charge is 0.0462 e. The van der Waals surface area contributed by atoms with Crippen molar-refractivity contribution >= 4 is 59.2 Å². The molecule has 0 saturated heterocycles. The summed E-state index contributed by atoms with van der Waals surface area (Å²) in [4.78, 5) is 2.16. The van der Waals surface area contributed by atoms with Crippen molar-refractivity contribution in [1.82, 2.24) is 0 Å². The molecule has 23 heavy (non-hydrogen) atoms. The van der Waals surface area contributed by atoms with Gasteiger partial charge in [-0.05, 0) is 72.1 Å². The van der Waals surface area contributed by atoms with Gasteiger partial charge in [-0.1, -0.05) is 60.4 Å². The molecule has 0 heterocycles. The first-order valence-corrected chi connectivity index (χ1v) is 9.37. The highest BCUT2D eigenvalue weighted by Gasteiger charge is 2.12. The number of hydrogen-bond acceptors (Lipinski definition) is 1. The first-order chi connectivity index (χ1) is 11.0. The maximum Gasteiger partial charge on any atom is 0.0462 e. The maximum absolute atomic E-state index is 3.97. The molecule has 2 aromatic carbocycles. The van der Waals surface area contributed by atoms with E-state index >= 15 is 0 Å². The van der Waals surface area contributed by atoms with E-state index in [9.17, 15) is 0 Å². The first-order valence-electron chi connectivity index (χ1n) is 6.99. The van der Waals surface area contributed by atoms with Crippen molar-refractivity contribution < 1.29 is 0 Å². The summed E-state index contributed by atoms with van der Waals surface area (Å²) in [6.45, 7) is 5.97. The molecule has 0 aliphatic rings. The molecule has 0 atom stereocenters. The highest BCUT2D eigenvalue weighted by molar-refractivity contribution is 9.11. The van der Waals surface area contributed by atoms with Gasteiger partial charge in [0.15, 0.2) is 0 Å². The van der Waals surface area contributed by atoms with Crippen molar-refractivity contribution in [2.24, 2.45) is 0 Å². The summed E-state index contributed by atoms with van der Waals surface area (Å²) in [5, 5.41) is 0. The average molecular weight is 498 g/mol. The summed E-state index contributed by atoms with van der Waals surface area (Å²) in [6.07, 6.45) is 5.92. The summed E-state index contributed by atoms with van der Waals surface area (Å²) < 4.78 is 3.16. The zero-order valence-electron chi connectivity index (χ0n) is 12.6. The van der Waals surface area contributed by atoms with Gasteiger partial charge in [0.25, 0.3) is 0 Å². The molecule has 118 valence electrons. The summed E-state index contributed by atoms with van der Waals surface area (Å²) in [5.41, 5.74) is 3.14. The van der Waals surface area contributed by atoms with E-state index in [2.05, 4.69) is 83.5 Å². The lowest BCUT2D eigenvalue weighted by molar-refractivity contribution is 1.21. The van der Waals surface area contributed by atoms with E-state index in [4.69, 9.17) is 0 Å². The third-order valence-corrected chi connectivity index (χ3v) is 4.44. The molecule has 1 nitrogen and oxygen atoms in total. The molecule has 4 heteroatoms. The maximum atomic E-state index is 3.97. The Morgan fingerprint density at radius 1 is 0.870 bits per heavy atom. The van der Waals surface area contributed by atoms with Gasteiger partial charge in [-0.2, -0.15) is 0 Å². The van der Waals surface area contributed by atoms with E-state index in [0.717, 1.165) is 30.5 Å². The van der Waals surface area contributed by atoms with Gasteiger partial charge in [0, 0.05) is 26.0 Å². The predicted molar refractivity (Wildman–Crippen MR) is 111 cm³/mol. The van der Waals surface area contributed by atoms with Crippen molar-refractivity contribution in [3.05, 3.63) is 92.5 Å². The zero-order valence-corrected chi connectivity index (χ0v) is 17.4. The van der Waals surface area contributed by atoms with Gasteiger partial charge < -0.3 is 4.90 Å². The summed E-state index contributed by atoms with van der Waals surface area (Å²) in [5.74, 6) is 0. The fourth-order valence-electron chi connectivity index (χ4n) is 2.06. The lowest BCUT2D eigenvalue weighted by Gasteiger charge is -2.26. The minimum absolute atomic E-state index is 0.994. The second-order valence-electron chi connectivity index (χ2n) is 4.84. The Morgan fingerprint density at radius 3 is 1.65 bits per heavy atom. The Labute approximate surface area is 162 Å². The van der Waals surface area contributed by atoms with E-state index in [1.54, 1.807) is 0 Å². The molecule has 0 amide bonds. The SMILES string of the molecule is C=C/C(=C\C=C(/C)Br)N(c1ccc(Br)cc1)c1ccc(Br)cc1. The molecule has 2 aromatic rings. The van der Waals surface area contributed by atoms with Gasteiger partial charge in [0.1, 0.15) is 0 Å². The number of allylic oxidation sites excluding steroid dienone is 4. The lowest BCUT2D eigenvalue weighted by Crippen LogP contribution is -2.14. The van der Waals surface area contributed by atoms with Crippen LogP contribution in [0.25, 0.3) is 0 Å². The molecular formula is C19H16Br3N. The van der Waals surface area contributed by atoms with Crippen LogP contribution in [0, 0.1) is 0 Å². The molecule has 0 aliphatic carbocycles. The van der Waals surface area contributed by atoms with E-state index < -0.39 is 0 Å². The minimum atomic E-state index is 0.994. The zero-order chi connectivity index (χ0) is 16.8. The summed E-state index contributed by atoms with van der Waals surface area (Å²) >= 11 is 10.4. The number of anilines is 2. The van der Waals surface area contributed by atoms with Crippen molar-refractivity contribution in [2.45, 2.75) is 6.92 Å². The first kappa shape index (κ1) is 18.2. The molecule has 2 rings (SSSR count). The highest BCUT2D eigenvalue weighted by atomic mass is 79.9. The lowest BCUT2D eigenvalue weighted by atomic mass is 10.2. The fraction of sp³-hybridized carbons (Fsp3) is 0.0526. The Hall–Kier alpha value is -1.10. The average Bonchev–Trinajstić information content (AvgIpc) is 2.54. The Morgan fingerprint density at radius 2 is 1.30 bits per heavy atom. The molecule has 0 aliphatic heterocycles. The third kappa shape index (κ3) is 5.20. The van der Waals surface area contributed by atoms with Crippen molar-refractivity contribution in [1.29, 1.82) is 0 Å². The number of hydrogen-bond donors (Lipinski definition) is 0. The number of nitrogens with zero attached hydrogens (tertiary/aromatic N) is 1. The molecule has 0 saturated carbocycles. The standard InChI is InChI=1S/C19H16Br3N/c1-3-17(9-4-14(2)20)23(18-10-5-15(21)6-11-18)19-12-7-16(22)8-13-19/h3-13H,1H2,2H3/b14-4+,17-9+. The molecule has 0 N–H and O–H groups in total. The second-order valence-corrected chi connectivity index (χ2v) is 7.92. The van der Waals surface area contributed by atoms with Crippen LogP contribution in [0.2, 0.25) is 0 Å². The van der Waals surface area contributed by atoms with Crippen molar-refractivity contribution in [3.8, 4) is 0 Å². The van der Waals surface area contributed by atoms with Crippen LogP contribution in [-0.4, -0.2) is 0 Å². The molecule has 0 spiro atoms. The largest absolute Gasteiger partial charge is 0.311 e. The van der Waals surface area contributed by atoms with Crippen LogP contribution in [0.15, 0.2) is 92.5 Å².